The molecule has 0 amide bonds. The highest BCUT2D eigenvalue weighted by Crippen LogP contribution is 2.68. The highest BCUT2D eigenvalue weighted by Gasteiger charge is 2.58. The lowest BCUT2D eigenvalue weighted by Crippen LogP contribution is -2.55. The number of aromatic nitrogens is 1. The number of furan rings is 1. The first kappa shape index (κ1) is 42.8. The minimum atomic E-state index is 0.107. The van der Waals surface area contributed by atoms with Gasteiger partial charge in [-0.05, 0) is 155 Å². The van der Waals surface area contributed by atoms with E-state index in [1.54, 1.807) is 0 Å². The molecule has 0 radical (unpaired) electrons. The van der Waals surface area contributed by atoms with Crippen molar-refractivity contribution >= 4 is 66.8 Å². The number of rotatable bonds is 10. The molecule has 2 unspecified atom stereocenters. The third-order valence-corrected chi connectivity index (χ3v) is 16.9. The second-order valence-electron chi connectivity index (χ2n) is 21.6. The average Bonchev–Trinajstić information content (AvgIpc) is 3.84. The van der Waals surface area contributed by atoms with Crippen molar-refractivity contribution in [2.24, 2.45) is 17.3 Å². The molecule has 2 nitrogen and oxygen atoms in total. The number of hydrogen-bond acceptors (Lipinski definition) is 1. The first-order valence-corrected chi connectivity index (χ1v) is 25.2. The van der Waals surface area contributed by atoms with Crippen LogP contribution in [0.25, 0.3) is 54.9 Å². The van der Waals surface area contributed by atoms with Gasteiger partial charge in [-0.3, -0.25) is 0 Å². The van der Waals surface area contributed by atoms with Crippen molar-refractivity contribution in [1.82, 2.24) is 4.57 Å². The maximum atomic E-state index is 6.58. The zero-order valence-electron chi connectivity index (χ0n) is 40.8. The summed E-state index contributed by atoms with van der Waals surface area (Å²) in [6.45, 7) is 18.8. The van der Waals surface area contributed by atoms with E-state index in [0.29, 0.717) is 0 Å². The van der Waals surface area contributed by atoms with Crippen molar-refractivity contribution in [2.45, 2.75) is 92.0 Å². The van der Waals surface area contributed by atoms with Gasteiger partial charge in [0, 0.05) is 39.1 Å². The van der Waals surface area contributed by atoms with Gasteiger partial charge in [-0.15, -0.1) is 0 Å². The summed E-state index contributed by atoms with van der Waals surface area (Å²) in [5, 5.41) is 5.01. The predicted molar refractivity (Wildman–Crippen MR) is 291 cm³/mol. The van der Waals surface area contributed by atoms with E-state index in [0.717, 1.165) is 29.5 Å². The molecule has 13 rings (SSSR count). The number of allylic oxidation sites excluding steroid dienone is 5. The van der Waals surface area contributed by atoms with Crippen LogP contribution < -0.4 is 16.4 Å². The van der Waals surface area contributed by atoms with Gasteiger partial charge in [0.2, 0.25) is 6.71 Å². The second-order valence-corrected chi connectivity index (χ2v) is 21.6. The Balaban J connectivity index is 0.864. The molecule has 0 saturated heterocycles. The normalized spacial score (nSPS) is 21.3. The molecule has 4 aliphatic rings. The number of para-hydroxylation sites is 2. The molecule has 0 aliphatic heterocycles. The first-order valence-electron chi connectivity index (χ1n) is 25.2. The summed E-state index contributed by atoms with van der Waals surface area (Å²) < 4.78 is 9.06. The maximum Gasteiger partial charge on any atom is 0.242 e. The quantitative estimate of drug-likeness (QED) is 0.0988. The maximum absolute atomic E-state index is 6.58. The van der Waals surface area contributed by atoms with Crippen molar-refractivity contribution in [3.63, 3.8) is 0 Å². The van der Waals surface area contributed by atoms with Crippen LogP contribution in [0.3, 0.4) is 0 Å². The molecular weight excluding hydrogens is 822 g/mol. The Hall–Kier alpha value is -6.58. The summed E-state index contributed by atoms with van der Waals surface area (Å²) in [5.41, 5.74) is 22.4. The number of aryl methyl sites for hydroxylation is 6. The van der Waals surface area contributed by atoms with E-state index in [1.165, 1.54) is 143 Å². The lowest BCUT2D eigenvalue weighted by molar-refractivity contribution is -0.0499. The summed E-state index contributed by atoms with van der Waals surface area (Å²) in [4.78, 5) is 0. The van der Waals surface area contributed by atoms with Crippen molar-refractivity contribution in [3.8, 4) is 11.1 Å². The lowest BCUT2D eigenvalue weighted by Gasteiger charge is -2.63. The Bertz CT molecular complexity index is 3380. The molecule has 4 saturated carbocycles. The SMILES string of the molecule is C=C/C=C(\C=C/Cn1c2ccccc2c2ccccc21)C12CC3CC(C1)CC(c1ccc(-c4ccc5oc6ccc(B(c7c(C)cc(C)cc7C)c7c(C)cc(C)cc7C)cc6c5c4)cc1)(C3)C2. The smallest absolute Gasteiger partial charge is 0.242 e. The summed E-state index contributed by atoms with van der Waals surface area (Å²) >= 11 is 0. The van der Waals surface area contributed by atoms with E-state index in [2.05, 4.69) is 204 Å². The monoisotopic (exact) mass is 883 g/mol. The molecule has 2 heterocycles. The molecule has 3 heteroatoms. The van der Waals surface area contributed by atoms with Gasteiger partial charge in [-0.1, -0.05) is 184 Å². The number of fused-ring (bicyclic) bond motifs is 6. The van der Waals surface area contributed by atoms with E-state index >= 15 is 0 Å². The largest absolute Gasteiger partial charge is 0.456 e. The van der Waals surface area contributed by atoms with Gasteiger partial charge in [-0.2, -0.15) is 0 Å². The molecule has 2 atom stereocenters. The Morgan fingerprint density at radius 1 is 0.618 bits per heavy atom. The molecule has 7 aromatic carbocycles. The third kappa shape index (κ3) is 6.98. The summed E-state index contributed by atoms with van der Waals surface area (Å²) in [6.07, 6.45) is 17.1. The van der Waals surface area contributed by atoms with Crippen LogP contribution in [0.4, 0.5) is 0 Å². The third-order valence-electron chi connectivity index (χ3n) is 16.9. The van der Waals surface area contributed by atoms with Crippen LogP contribution in [0.5, 0.6) is 0 Å². The molecule has 0 N–H and O–H groups in total. The van der Waals surface area contributed by atoms with E-state index in [9.17, 15) is 0 Å². The van der Waals surface area contributed by atoms with Gasteiger partial charge < -0.3 is 8.98 Å². The van der Waals surface area contributed by atoms with E-state index in [1.807, 2.05) is 6.08 Å². The van der Waals surface area contributed by atoms with Crippen molar-refractivity contribution in [3.05, 3.63) is 209 Å². The topological polar surface area (TPSA) is 18.1 Å². The van der Waals surface area contributed by atoms with Crippen LogP contribution in [-0.2, 0) is 12.0 Å². The zero-order chi connectivity index (χ0) is 46.5. The molecule has 68 heavy (non-hydrogen) atoms. The highest BCUT2D eigenvalue weighted by molar-refractivity contribution is 6.96. The van der Waals surface area contributed by atoms with E-state index in [-0.39, 0.29) is 17.5 Å². The predicted octanol–water partition coefficient (Wildman–Crippen LogP) is 14.9. The van der Waals surface area contributed by atoms with Crippen LogP contribution in [0, 0.1) is 58.8 Å². The molecule has 4 aliphatic carbocycles. The fraction of sp³-hybridized carbons (Fsp3) is 0.262. The van der Waals surface area contributed by atoms with Crippen LogP contribution in [0.15, 0.2) is 174 Å². The number of hydrogen-bond donors (Lipinski definition) is 0. The zero-order valence-corrected chi connectivity index (χ0v) is 40.8. The summed E-state index contributed by atoms with van der Waals surface area (Å²) in [7, 11) is 0. The molecule has 2 aromatic heterocycles. The highest BCUT2D eigenvalue weighted by atomic mass is 16.3. The molecule has 9 aromatic rings. The molecule has 0 spiro atoms. The standard InChI is InChI=1S/C65H62BNO/c1-8-14-51(15-13-28-67-58-18-11-9-16-54(58)55-17-10-12-19-59(55)67)64-36-47-33-48(37-64)39-65(38-47,40-64)52-23-20-49(21-24-52)50-22-26-60-56(34-50)57-35-53(25-27-61(57)68-60)66(62-43(4)29-41(2)30-44(62)5)63-45(6)31-42(3)32-46(63)7/h8-27,29-32,34-35,47-48H,1,28,33,36-40H2,2-7H3/b15-13-,51-14+. The fourth-order valence-electron chi connectivity index (χ4n) is 14.9. The van der Waals surface area contributed by atoms with E-state index in [4.69, 9.17) is 4.42 Å². The fourth-order valence-corrected chi connectivity index (χ4v) is 14.9. The average molecular weight is 884 g/mol. The van der Waals surface area contributed by atoms with Gasteiger partial charge in [0.1, 0.15) is 11.2 Å². The van der Waals surface area contributed by atoms with Gasteiger partial charge in [-0.25, -0.2) is 0 Å². The van der Waals surface area contributed by atoms with Gasteiger partial charge in [0.15, 0.2) is 0 Å². The van der Waals surface area contributed by atoms with Crippen molar-refractivity contribution in [1.29, 1.82) is 0 Å². The van der Waals surface area contributed by atoms with Gasteiger partial charge >= 0.3 is 0 Å². The molecule has 4 fully saturated rings. The lowest BCUT2D eigenvalue weighted by atomic mass is 9.34. The minimum Gasteiger partial charge on any atom is -0.456 e. The van der Waals surface area contributed by atoms with Crippen LogP contribution in [0.2, 0.25) is 0 Å². The van der Waals surface area contributed by atoms with E-state index < -0.39 is 0 Å². The Labute approximate surface area is 403 Å². The summed E-state index contributed by atoms with van der Waals surface area (Å²) in [6, 6.07) is 50.6. The van der Waals surface area contributed by atoms with Crippen LogP contribution >= 0.6 is 0 Å². The molecule has 4 bridgehead atoms. The van der Waals surface area contributed by atoms with Crippen molar-refractivity contribution in [2.75, 3.05) is 0 Å². The van der Waals surface area contributed by atoms with Gasteiger partial charge in [0.25, 0.3) is 0 Å². The molecular formula is C65H62BNO. The first-order chi connectivity index (χ1) is 33.0. The van der Waals surface area contributed by atoms with Gasteiger partial charge in [0.05, 0.1) is 0 Å². The number of benzene rings is 7. The Morgan fingerprint density at radius 2 is 1.16 bits per heavy atom. The second kappa shape index (κ2) is 16.3. The van der Waals surface area contributed by atoms with Crippen molar-refractivity contribution < 1.29 is 4.42 Å². The summed E-state index contributed by atoms with van der Waals surface area (Å²) in [5.74, 6) is 1.52. The number of nitrogens with zero attached hydrogens (tertiary/aromatic N) is 1. The minimum absolute atomic E-state index is 0.107. The Kier molecular flexibility index (Phi) is 10.2. The molecule has 336 valence electrons. The van der Waals surface area contributed by atoms with Crippen LogP contribution in [-0.4, -0.2) is 11.3 Å². The van der Waals surface area contributed by atoms with Crippen LogP contribution in [0.1, 0.15) is 77.5 Å². The Morgan fingerprint density at radius 3 is 1.75 bits per heavy atom.